The van der Waals surface area contributed by atoms with Gasteiger partial charge in [0.1, 0.15) is 6.33 Å². The molecule has 0 saturated heterocycles. The molecule has 0 atom stereocenters. The Kier molecular flexibility index (Phi) is 5.67. The van der Waals surface area contributed by atoms with Gasteiger partial charge in [0.2, 0.25) is 0 Å². The van der Waals surface area contributed by atoms with E-state index in [-0.39, 0.29) is 11.6 Å². The third-order valence-corrected chi connectivity index (χ3v) is 3.65. The Morgan fingerprint density at radius 3 is 2.85 bits per heavy atom. The van der Waals surface area contributed by atoms with Crippen molar-refractivity contribution in [2.75, 3.05) is 18.5 Å². The first-order valence-corrected chi connectivity index (χ1v) is 7.25. The zero-order chi connectivity index (χ0) is 14.4. The zero-order valence-corrected chi connectivity index (χ0v) is 11.9. The van der Waals surface area contributed by atoms with E-state index in [1.165, 1.54) is 6.33 Å². The van der Waals surface area contributed by atoms with Crippen LogP contribution < -0.4 is 11.1 Å². The Balaban J connectivity index is 1.61. The molecule has 0 aliphatic heterocycles. The van der Waals surface area contributed by atoms with Crippen molar-refractivity contribution in [2.45, 2.75) is 51.2 Å². The number of aromatic nitrogens is 2. The van der Waals surface area contributed by atoms with E-state index >= 15 is 0 Å². The van der Waals surface area contributed by atoms with E-state index in [9.17, 15) is 4.39 Å². The van der Waals surface area contributed by atoms with Crippen LogP contribution in [0.25, 0.3) is 0 Å². The van der Waals surface area contributed by atoms with Gasteiger partial charge in [-0.15, -0.1) is 0 Å². The summed E-state index contributed by atoms with van der Waals surface area (Å²) in [6, 6.07) is 0.348. The first-order chi connectivity index (χ1) is 9.66. The second-order valence-corrected chi connectivity index (χ2v) is 5.31. The molecule has 1 aliphatic carbocycles. The fourth-order valence-electron chi connectivity index (χ4n) is 2.37. The van der Waals surface area contributed by atoms with Crippen molar-refractivity contribution < 1.29 is 9.13 Å². The molecule has 1 aromatic heterocycles. The van der Waals surface area contributed by atoms with Crippen LogP contribution in [0.1, 0.15) is 37.8 Å². The molecule has 0 bridgehead atoms. The van der Waals surface area contributed by atoms with Crippen molar-refractivity contribution in [3.05, 3.63) is 17.8 Å². The first kappa shape index (κ1) is 15.1. The number of rotatable bonds is 6. The van der Waals surface area contributed by atoms with Crippen molar-refractivity contribution >= 4 is 5.82 Å². The lowest BCUT2D eigenvalue weighted by atomic mass is 9.94. The summed E-state index contributed by atoms with van der Waals surface area (Å²) in [5.74, 6) is -0.115. The number of anilines is 1. The molecule has 0 amide bonds. The molecule has 1 heterocycles. The molecule has 20 heavy (non-hydrogen) atoms. The van der Waals surface area contributed by atoms with Gasteiger partial charge in [0.25, 0.3) is 0 Å². The Morgan fingerprint density at radius 2 is 2.10 bits per heavy atom. The smallest absolute Gasteiger partial charge is 0.186 e. The topological polar surface area (TPSA) is 73.1 Å². The fraction of sp³-hybridized carbons (Fsp3) is 0.714. The van der Waals surface area contributed by atoms with Gasteiger partial charge in [0.05, 0.1) is 11.8 Å². The van der Waals surface area contributed by atoms with Crippen LogP contribution >= 0.6 is 0 Å². The highest BCUT2D eigenvalue weighted by Crippen LogP contribution is 2.19. The predicted octanol–water partition coefficient (Wildman–Crippen LogP) is 2.01. The van der Waals surface area contributed by atoms with Gasteiger partial charge in [0.15, 0.2) is 11.6 Å². The quantitative estimate of drug-likeness (QED) is 0.781. The number of halogens is 1. The van der Waals surface area contributed by atoms with Gasteiger partial charge in [-0.3, -0.25) is 0 Å². The molecule has 3 N–H and O–H groups in total. The highest BCUT2D eigenvalue weighted by atomic mass is 19.1. The minimum absolute atomic E-state index is 0.265. The Hall–Kier alpha value is -1.27. The molecule has 1 aliphatic rings. The van der Waals surface area contributed by atoms with Crippen LogP contribution in [0.4, 0.5) is 10.2 Å². The molecular weight excluding hydrogens is 259 g/mol. The Bertz CT molecular complexity index is 422. The van der Waals surface area contributed by atoms with Gasteiger partial charge in [-0.2, -0.15) is 0 Å². The SMILES string of the molecule is Cc1ncnc(NCCCOC2CCC(N)CC2)c1F. The first-order valence-electron chi connectivity index (χ1n) is 7.25. The maximum absolute atomic E-state index is 13.6. The van der Waals surface area contributed by atoms with Crippen molar-refractivity contribution in [3.63, 3.8) is 0 Å². The Morgan fingerprint density at radius 1 is 1.35 bits per heavy atom. The Labute approximate surface area is 119 Å². The van der Waals surface area contributed by atoms with Crippen LogP contribution in [0.3, 0.4) is 0 Å². The molecule has 0 spiro atoms. The lowest BCUT2D eigenvalue weighted by molar-refractivity contribution is 0.0251. The minimum atomic E-state index is -0.380. The maximum Gasteiger partial charge on any atom is 0.186 e. The fourth-order valence-corrected chi connectivity index (χ4v) is 2.37. The number of nitrogens with zero attached hydrogens (tertiary/aromatic N) is 2. The van der Waals surface area contributed by atoms with Crippen LogP contribution in [0, 0.1) is 12.7 Å². The van der Waals surface area contributed by atoms with Gasteiger partial charge < -0.3 is 15.8 Å². The normalized spacial score (nSPS) is 22.8. The van der Waals surface area contributed by atoms with Crippen LogP contribution in [0.5, 0.6) is 0 Å². The summed E-state index contributed by atoms with van der Waals surface area (Å²) in [6.07, 6.45) is 6.73. The number of nitrogens with one attached hydrogen (secondary N) is 1. The molecule has 0 radical (unpaired) electrons. The average Bonchev–Trinajstić information content (AvgIpc) is 2.45. The van der Waals surface area contributed by atoms with Gasteiger partial charge in [-0.05, 0) is 39.0 Å². The number of hydrogen-bond acceptors (Lipinski definition) is 5. The van der Waals surface area contributed by atoms with E-state index in [0.29, 0.717) is 31.0 Å². The summed E-state index contributed by atoms with van der Waals surface area (Å²) in [5, 5.41) is 2.97. The van der Waals surface area contributed by atoms with E-state index in [1.807, 2.05) is 0 Å². The summed E-state index contributed by atoms with van der Waals surface area (Å²) in [5.41, 5.74) is 6.21. The van der Waals surface area contributed by atoms with Crippen LogP contribution in [-0.2, 0) is 4.74 Å². The van der Waals surface area contributed by atoms with E-state index < -0.39 is 0 Å². The molecule has 1 saturated carbocycles. The minimum Gasteiger partial charge on any atom is -0.378 e. The number of nitrogens with two attached hydrogens (primary N) is 1. The van der Waals surface area contributed by atoms with Crippen LogP contribution in [-0.4, -0.2) is 35.3 Å². The molecule has 0 unspecified atom stereocenters. The van der Waals surface area contributed by atoms with Gasteiger partial charge in [-0.1, -0.05) is 0 Å². The summed E-state index contributed by atoms with van der Waals surface area (Å²) in [4.78, 5) is 7.67. The second-order valence-electron chi connectivity index (χ2n) is 5.31. The lowest BCUT2D eigenvalue weighted by Crippen LogP contribution is -2.30. The van der Waals surface area contributed by atoms with Crippen molar-refractivity contribution in [1.29, 1.82) is 0 Å². The number of hydrogen-bond donors (Lipinski definition) is 2. The zero-order valence-electron chi connectivity index (χ0n) is 11.9. The maximum atomic E-state index is 13.6. The van der Waals surface area contributed by atoms with Crippen molar-refractivity contribution in [1.82, 2.24) is 9.97 Å². The summed E-state index contributed by atoms with van der Waals surface area (Å²) in [6.45, 7) is 2.94. The predicted molar refractivity (Wildman–Crippen MR) is 76.0 cm³/mol. The number of ether oxygens (including phenoxy) is 1. The van der Waals surface area contributed by atoms with E-state index in [1.54, 1.807) is 6.92 Å². The third-order valence-electron chi connectivity index (χ3n) is 3.65. The third kappa shape index (κ3) is 4.38. The highest BCUT2D eigenvalue weighted by Gasteiger charge is 2.18. The average molecular weight is 282 g/mol. The molecule has 6 heteroatoms. The highest BCUT2D eigenvalue weighted by molar-refractivity contribution is 5.36. The molecular formula is C14H23FN4O. The second kappa shape index (κ2) is 7.50. The molecule has 1 fully saturated rings. The van der Waals surface area contributed by atoms with E-state index in [2.05, 4.69) is 15.3 Å². The summed E-state index contributed by atoms with van der Waals surface area (Å²) < 4.78 is 19.4. The van der Waals surface area contributed by atoms with Crippen molar-refractivity contribution in [3.8, 4) is 0 Å². The lowest BCUT2D eigenvalue weighted by Gasteiger charge is -2.26. The van der Waals surface area contributed by atoms with E-state index in [4.69, 9.17) is 10.5 Å². The molecule has 0 aromatic carbocycles. The molecule has 5 nitrogen and oxygen atoms in total. The largest absolute Gasteiger partial charge is 0.378 e. The van der Waals surface area contributed by atoms with Gasteiger partial charge in [0, 0.05) is 19.2 Å². The molecule has 112 valence electrons. The molecule has 2 rings (SSSR count). The van der Waals surface area contributed by atoms with Gasteiger partial charge in [-0.25, -0.2) is 14.4 Å². The molecule has 1 aromatic rings. The monoisotopic (exact) mass is 282 g/mol. The van der Waals surface area contributed by atoms with E-state index in [0.717, 1.165) is 32.1 Å². The number of aryl methyl sites for hydroxylation is 1. The van der Waals surface area contributed by atoms with Crippen LogP contribution in [0.2, 0.25) is 0 Å². The summed E-state index contributed by atoms with van der Waals surface area (Å²) in [7, 11) is 0. The standard InChI is InChI=1S/C14H23FN4O/c1-10-13(15)14(19-9-18-10)17-7-2-8-20-12-5-3-11(16)4-6-12/h9,11-12H,2-8,16H2,1H3,(H,17,18,19). The van der Waals surface area contributed by atoms with Crippen molar-refractivity contribution in [2.24, 2.45) is 5.73 Å². The summed E-state index contributed by atoms with van der Waals surface area (Å²) >= 11 is 0. The van der Waals surface area contributed by atoms with Gasteiger partial charge >= 0.3 is 0 Å². The van der Waals surface area contributed by atoms with Crippen LogP contribution in [0.15, 0.2) is 6.33 Å².